The molecule has 0 amide bonds. The van der Waals surface area contributed by atoms with Gasteiger partial charge in [0, 0.05) is 18.2 Å². The monoisotopic (exact) mass is 476 g/mol. The van der Waals surface area contributed by atoms with Crippen molar-refractivity contribution >= 4 is 16.0 Å². The Bertz CT molecular complexity index is 993. The van der Waals surface area contributed by atoms with E-state index in [0.717, 1.165) is 25.7 Å². The van der Waals surface area contributed by atoms with Crippen molar-refractivity contribution in [1.29, 1.82) is 0 Å². The summed E-state index contributed by atoms with van der Waals surface area (Å²) < 4.78 is 72.1. The van der Waals surface area contributed by atoms with Crippen LogP contribution in [-0.2, 0) is 10.0 Å². The smallest absolute Gasteiger partial charge is 0.406 e. The first-order chi connectivity index (χ1) is 14.8. The summed E-state index contributed by atoms with van der Waals surface area (Å²) in [6.07, 6.45) is -1.40. The Morgan fingerprint density at radius 2 is 1.72 bits per heavy atom. The fraction of sp³-hybridized carbons (Fsp3) is 0.600. The van der Waals surface area contributed by atoms with Crippen molar-refractivity contribution in [2.24, 2.45) is 5.92 Å². The van der Waals surface area contributed by atoms with Gasteiger partial charge in [0.25, 0.3) is 0 Å². The minimum Gasteiger partial charge on any atom is -0.406 e. The Morgan fingerprint density at radius 1 is 1.09 bits per heavy atom. The van der Waals surface area contributed by atoms with E-state index in [4.69, 9.17) is 4.52 Å². The number of alkyl halides is 3. The number of aromatic nitrogens is 2. The van der Waals surface area contributed by atoms with Gasteiger partial charge in [0.1, 0.15) is 5.75 Å². The quantitative estimate of drug-likeness (QED) is 0.613. The first-order valence-corrected chi connectivity index (χ1v) is 11.8. The summed E-state index contributed by atoms with van der Waals surface area (Å²) in [5, 5.41) is 7.04. The van der Waals surface area contributed by atoms with Crippen LogP contribution in [0.4, 0.5) is 19.2 Å². The van der Waals surface area contributed by atoms with E-state index in [0.29, 0.717) is 12.1 Å². The fourth-order valence-corrected chi connectivity index (χ4v) is 4.22. The molecule has 0 atom stereocenters. The van der Waals surface area contributed by atoms with Gasteiger partial charge in [-0.3, -0.25) is 0 Å². The van der Waals surface area contributed by atoms with E-state index in [-0.39, 0.29) is 29.5 Å². The number of anilines is 1. The lowest BCUT2D eigenvalue weighted by atomic mass is 9.86. The van der Waals surface area contributed by atoms with Gasteiger partial charge in [-0.1, -0.05) is 5.16 Å². The zero-order valence-electron chi connectivity index (χ0n) is 18.1. The second-order valence-electron chi connectivity index (χ2n) is 8.82. The average Bonchev–Trinajstić information content (AvgIpc) is 3.14. The minimum atomic E-state index is -4.75. The third-order valence-corrected chi connectivity index (χ3v) is 7.47. The molecule has 12 heteroatoms. The van der Waals surface area contributed by atoms with Crippen molar-refractivity contribution in [3.05, 3.63) is 24.3 Å². The largest absolute Gasteiger partial charge is 0.573 e. The average molecular weight is 477 g/mol. The zero-order valence-corrected chi connectivity index (χ0v) is 18.9. The van der Waals surface area contributed by atoms with Crippen LogP contribution in [0.1, 0.15) is 46.5 Å². The Labute approximate surface area is 185 Å². The van der Waals surface area contributed by atoms with Gasteiger partial charge in [0.05, 0.1) is 4.75 Å². The number of sulfonamides is 1. The minimum absolute atomic E-state index is 0.112. The number of halogens is 3. The fourth-order valence-electron chi connectivity index (χ4n) is 3.33. The maximum Gasteiger partial charge on any atom is 0.573 e. The van der Waals surface area contributed by atoms with Crippen LogP contribution in [0.25, 0.3) is 11.4 Å². The molecule has 8 nitrogen and oxygen atoms in total. The number of ether oxygens (including phenoxy) is 1. The van der Waals surface area contributed by atoms with Crippen LogP contribution in [0.3, 0.4) is 0 Å². The molecule has 0 saturated heterocycles. The molecule has 0 radical (unpaired) electrons. The van der Waals surface area contributed by atoms with E-state index in [1.165, 1.54) is 24.3 Å². The van der Waals surface area contributed by atoms with Crippen LogP contribution in [0.15, 0.2) is 28.8 Å². The molecule has 0 unspecified atom stereocenters. The van der Waals surface area contributed by atoms with Crippen molar-refractivity contribution in [2.75, 3.05) is 11.9 Å². The van der Waals surface area contributed by atoms with E-state index in [2.05, 4.69) is 24.9 Å². The first kappa shape index (κ1) is 24.3. The lowest BCUT2D eigenvalue weighted by molar-refractivity contribution is -0.274. The molecule has 2 N–H and O–H groups in total. The molecule has 32 heavy (non-hydrogen) atoms. The molecule has 0 spiro atoms. The SMILES string of the molecule is CC(C)(C)S(=O)(=O)NCC1CCC(Nc2nc(-c3ccc(OC(F)(F)F)cc3)no2)CC1. The lowest BCUT2D eigenvalue weighted by Crippen LogP contribution is -2.42. The molecular formula is C20H27F3N4O4S. The molecule has 3 rings (SSSR count). The van der Waals surface area contributed by atoms with Gasteiger partial charge in [-0.05, 0) is 76.6 Å². The Morgan fingerprint density at radius 3 is 2.28 bits per heavy atom. The van der Waals surface area contributed by atoms with Crippen molar-refractivity contribution in [2.45, 2.75) is 63.6 Å². The number of benzene rings is 1. The van der Waals surface area contributed by atoms with Crippen LogP contribution < -0.4 is 14.8 Å². The van der Waals surface area contributed by atoms with E-state index < -0.39 is 21.1 Å². The summed E-state index contributed by atoms with van der Waals surface area (Å²) in [4.78, 5) is 4.25. The summed E-state index contributed by atoms with van der Waals surface area (Å²) in [6, 6.07) is 5.54. The highest BCUT2D eigenvalue weighted by atomic mass is 32.2. The van der Waals surface area contributed by atoms with E-state index in [9.17, 15) is 21.6 Å². The summed E-state index contributed by atoms with van der Waals surface area (Å²) in [5.74, 6) is 0.182. The third kappa shape index (κ3) is 6.58. The molecule has 1 heterocycles. The summed E-state index contributed by atoms with van der Waals surface area (Å²) in [6.45, 7) is 5.42. The molecule has 1 aliphatic carbocycles. The normalized spacial score (nSPS) is 20.2. The second-order valence-corrected chi connectivity index (χ2v) is 11.3. The topological polar surface area (TPSA) is 106 Å². The Kier molecular flexibility index (Phi) is 7.03. The highest BCUT2D eigenvalue weighted by Crippen LogP contribution is 2.28. The third-order valence-electron chi connectivity index (χ3n) is 5.31. The molecule has 1 aliphatic rings. The van der Waals surface area contributed by atoms with Crippen LogP contribution in [0.2, 0.25) is 0 Å². The number of hydrogen-bond donors (Lipinski definition) is 2. The molecule has 2 aromatic rings. The molecule has 0 bridgehead atoms. The van der Waals surface area contributed by atoms with Gasteiger partial charge in [-0.25, -0.2) is 13.1 Å². The van der Waals surface area contributed by atoms with Gasteiger partial charge in [-0.2, -0.15) is 4.98 Å². The first-order valence-electron chi connectivity index (χ1n) is 10.3. The molecular weight excluding hydrogens is 449 g/mol. The van der Waals surface area contributed by atoms with Crippen molar-refractivity contribution in [3.63, 3.8) is 0 Å². The number of nitrogens with one attached hydrogen (secondary N) is 2. The molecule has 0 aliphatic heterocycles. The summed E-state index contributed by atoms with van der Waals surface area (Å²) >= 11 is 0. The lowest BCUT2D eigenvalue weighted by Gasteiger charge is -2.29. The second kappa shape index (κ2) is 9.26. The van der Waals surface area contributed by atoms with Gasteiger partial charge in [0.2, 0.25) is 15.8 Å². The van der Waals surface area contributed by atoms with Crippen molar-refractivity contribution in [1.82, 2.24) is 14.9 Å². The Balaban J connectivity index is 1.48. The van der Waals surface area contributed by atoms with E-state index in [1.54, 1.807) is 20.8 Å². The predicted octanol–water partition coefficient (Wildman–Crippen LogP) is 4.32. The van der Waals surface area contributed by atoms with Crippen molar-refractivity contribution in [3.8, 4) is 17.1 Å². The highest BCUT2D eigenvalue weighted by molar-refractivity contribution is 7.90. The highest BCUT2D eigenvalue weighted by Gasteiger charge is 2.31. The number of rotatable bonds is 7. The number of hydrogen-bond acceptors (Lipinski definition) is 7. The molecule has 1 aromatic carbocycles. The van der Waals surface area contributed by atoms with Gasteiger partial charge in [-0.15, -0.1) is 13.2 Å². The zero-order chi connectivity index (χ0) is 23.6. The van der Waals surface area contributed by atoms with Crippen LogP contribution >= 0.6 is 0 Å². The predicted molar refractivity (Wildman–Crippen MR) is 112 cm³/mol. The number of nitrogens with zero attached hydrogens (tertiary/aromatic N) is 2. The molecule has 1 aromatic heterocycles. The van der Waals surface area contributed by atoms with Gasteiger partial charge < -0.3 is 14.6 Å². The maximum absolute atomic E-state index is 12.3. The van der Waals surface area contributed by atoms with Gasteiger partial charge >= 0.3 is 12.4 Å². The maximum atomic E-state index is 12.3. The van der Waals surface area contributed by atoms with Crippen LogP contribution in [0, 0.1) is 5.92 Å². The molecule has 178 valence electrons. The van der Waals surface area contributed by atoms with Crippen molar-refractivity contribution < 1.29 is 30.8 Å². The molecule has 1 saturated carbocycles. The van der Waals surface area contributed by atoms with Crippen LogP contribution in [0.5, 0.6) is 5.75 Å². The van der Waals surface area contributed by atoms with E-state index in [1.807, 2.05) is 0 Å². The van der Waals surface area contributed by atoms with Gasteiger partial charge in [0.15, 0.2) is 0 Å². The van der Waals surface area contributed by atoms with E-state index >= 15 is 0 Å². The van der Waals surface area contributed by atoms with Crippen LogP contribution in [-0.4, -0.2) is 42.3 Å². The summed E-state index contributed by atoms with van der Waals surface area (Å²) in [5.41, 5.74) is 0.492. The Hall–Kier alpha value is -2.34. The molecule has 1 fully saturated rings. The standard InChI is InChI=1S/C20H27F3N4O4S/c1-19(2,3)32(28,29)24-12-13-4-8-15(9-5-13)25-18-26-17(27-31-18)14-6-10-16(11-7-14)30-20(21,22)23/h6-7,10-11,13,15,24H,4-5,8-9,12H2,1-3H3,(H,25,26,27). The summed E-state index contributed by atoms with van der Waals surface area (Å²) in [7, 11) is -3.36.